The van der Waals surface area contributed by atoms with Gasteiger partial charge in [-0.1, -0.05) is 53.2 Å². The van der Waals surface area contributed by atoms with E-state index in [1.54, 1.807) is 6.92 Å². The number of fused-ring (bicyclic) bond motifs is 7. The first kappa shape index (κ1) is 42.2. The van der Waals surface area contributed by atoms with Crippen molar-refractivity contribution in [3.63, 3.8) is 0 Å². The Labute approximate surface area is 333 Å². The summed E-state index contributed by atoms with van der Waals surface area (Å²) in [7, 11) is 0. The fourth-order valence-corrected chi connectivity index (χ4v) is 13.3. The van der Waals surface area contributed by atoms with Gasteiger partial charge < -0.3 is 60.2 Å². The fourth-order valence-electron chi connectivity index (χ4n) is 13.3. The van der Waals surface area contributed by atoms with E-state index < -0.39 is 106 Å². The van der Waals surface area contributed by atoms with Crippen LogP contribution in [0.5, 0.6) is 17.2 Å². The Bertz CT molecular complexity index is 1790. The minimum atomic E-state index is -1.87. The molecule has 5 fully saturated rings. The molecule has 1 aromatic rings. The summed E-state index contributed by atoms with van der Waals surface area (Å²) in [6.07, 6.45) is -3.38. The number of esters is 2. The first-order valence-electron chi connectivity index (χ1n) is 20.5. The highest BCUT2D eigenvalue weighted by atomic mass is 16.7. The summed E-state index contributed by atoms with van der Waals surface area (Å²) < 4.78 is 17.0. The minimum absolute atomic E-state index is 0.166. The number of carbonyl (C=O) groups is 2. The molecule has 0 aromatic heterocycles. The lowest BCUT2D eigenvalue weighted by Gasteiger charge is -2.72. The Morgan fingerprint density at radius 1 is 0.842 bits per heavy atom. The summed E-state index contributed by atoms with van der Waals surface area (Å²) in [5.41, 5.74) is -3.34. The Morgan fingerprint density at radius 3 is 2.14 bits per heavy atom. The van der Waals surface area contributed by atoms with Crippen molar-refractivity contribution < 1.29 is 69.8 Å². The Balaban J connectivity index is 1.17. The molecule has 14 heteroatoms. The zero-order chi connectivity index (χ0) is 42.0. The lowest BCUT2D eigenvalue weighted by atomic mass is 9.33. The van der Waals surface area contributed by atoms with Gasteiger partial charge in [0.15, 0.2) is 17.2 Å². The Morgan fingerprint density at radius 2 is 1.49 bits per heavy atom. The molecule has 6 aliphatic rings. The minimum Gasteiger partial charge on any atom is -0.504 e. The van der Waals surface area contributed by atoms with Crippen LogP contribution in [0.15, 0.2) is 23.8 Å². The van der Waals surface area contributed by atoms with Gasteiger partial charge in [-0.15, -0.1) is 0 Å². The standard InChI is InChI=1S/C43H62O14/c1-20-10-13-43(37(53)57-36-32(50)31(49)30(48)26(56-36)19-55-35(52)21-16-23(44)29(47)24(45)17-21)15-14-40(5)22(33(43)42(20,7)54)8-9-28-39(4)18-25(46)34(51)38(2,3)27(39)11-12-41(28,40)6/h8,16-17,20,25-28,30-34,36,44-51,54H,9-15,18-19H2,1-7H3/t20-,25-,26?,27+,28-,30-,31+,32?,33-,34+,36+,39+,40-,41-,42-,43+/m1/s1. The third-order valence-electron chi connectivity index (χ3n) is 17.0. The quantitative estimate of drug-likeness (QED) is 0.118. The first-order chi connectivity index (χ1) is 26.4. The van der Waals surface area contributed by atoms with E-state index in [2.05, 4.69) is 40.7 Å². The second-order valence-corrected chi connectivity index (χ2v) is 20.0. The largest absolute Gasteiger partial charge is 0.504 e. The monoisotopic (exact) mass is 802 g/mol. The number of phenols is 3. The smallest absolute Gasteiger partial charge is 0.338 e. The van der Waals surface area contributed by atoms with Crippen molar-refractivity contribution in [3.05, 3.63) is 29.3 Å². The summed E-state index contributed by atoms with van der Waals surface area (Å²) in [4.78, 5) is 27.6. The number of allylic oxidation sites excluding steroid dienone is 1. The van der Waals surface area contributed by atoms with Crippen molar-refractivity contribution >= 4 is 11.9 Å². The van der Waals surface area contributed by atoms with Gasteiger partial charge in [-0.25, -0.2) is 4.79 Å². The van der Waals surface area contributed by atoms with Gasteiger partial charge in [0.2, 0.25) is 6.29 Å². The summed E-state index contributed by atoms with van der Waals surface area (Å²) in [6.45, 7) is 14.1. The van der Waals surface area contributed by atoms with Gasteiger partial charge in [-0.2, -0.15) is 0 Å². The molecule has 57 heavy (non-hydrogen) atoms. The molecular formula is C43H62O14. The molecule has 1 heterocycles. The number of aliphatic hydroxyl groups is 6. The van der Waals surface area contributed by atoms with E-state index in [9.17, 15) is 55.5 Å². The highest BCUT2D eigenvalue weighted by Crippen LogP contribution is 2.76. The molecule has 1 saturated heterocycles. The lowest BCUT2D eigenvalue weighted by Crippen LogP contribution is -2.69. The second kappa shape index (κ2) is 13.8. The maximum atomic E-state index is 14.8. The SMILES string of the molecule is C[C@@H]1CC[C@]2(C(=O)O[C@@H]3OC(COC(=O)c4cc(O)c(O)c(O)c4)[C@@H](O)[C@H](O)C3O)CC[C@]3(C)C(=CC[C@@H]4[C@@]5(C)C[C@@H](O)[C@H](O)C(C)(C)[C@@H]5CC[C@]43C)[C@@H]2[C@]1(C)O. The van der Waals surface area contributed by atoms with Crippen LogP contribution in [0, 0.1) is 50.7 Å². The number of rotatable bonds is 5. The summed E-state index contributed by atoms with van der Waals surface area (Å²) in [5, 5.41) is 96.8. The number of aliphatic hydroxyl groups excluding tert-OH is 5. The third kappa shape index (κ3) is 5.97. The molecule has 0 bridgehead atoms. The average Bonchev–Trinajstić information content (AvgIpc) is 3.14. The first-order valence-corrected chi connectivity index (χ1v) is 20.5. The van der Waals surface area contributed by atoms with Gasteiger partial charge >= 0.3 is 11.9 Å². The van der Waals surface area contributed by atoms with Crippen LogP contribution in [0.2, 0.25) is 0 Å². The van der Waals surface area contributed by atoms with Crippen LogP contribution in [0.4, 0.5) is 0 Å². The van der Waals surface area contributed by atoms with E-state index >= 15 is 0 Å². The molecule has 0 radical (unpaired) electrons. The maximum absolute atomic E-state index is 14.8. The number of ether oxygens (including phenoxy) is 3. The molecule has 14 nitrogen and oxygen atoms in total. The fraction of sp³-hybridized carbons (Fsp3) is 0.767. The van der Waals surface area contributed by atoms with Crippen molar-refractivity contribution in [2.45, 2.75) is 148 Å². The highest BCUT2D eigenvalue weighted by Gasteiger charge is 2.72. The molecule has 318 valence electrons. The summed E-state index contributed by atoms with van der Waals surface area (Å²) in [5.74, 6) is -4.64. The number of hydrogen-bond donors (Lipinski definition) is 9. The van der Waals surface area contributed by atoms with Crippen LogP contribution in [-0.2, 0) is 19.0 Å². The van der Waals surface area contributed by atoms with Crippen molar-refractivity contribution in [3.8, 4) is 17.2 Å². The van der Waals surface area contributed by atoms with E-state index in [-0.39, 0.29) is 34.1 Å². The summed E-state index contributed by atoms with van der Waals surface area (Å²) in [6, 6.07) is 1.73. The third-order valence-corrected chi connectivity index (χ3v) is 17.0. The van der Waals surface area contributed by atoms with Crippen LogP contribution in [-0.4, -0.2) is 113 Å². The van der Waals surface area contributed by atoms with Crippen LogP contribution in [0.1, 0.15) is 110 Å². The number of carbonyl (C=O) groups excluding carboxylic acids is 2. The Kier molecular flexibility index (Phi) is 10.2. The van der Waals surface area contributed by atoms with Gasteiger partial charge in [0, 0.05) is 5.92 Å². The van der Waals surface area contributed by atoms with Crippen LogP contribution < -0.4 is 0 Å². The second-order valence-electron chi connectivity index (χ2n) is 20.0. The van der Waals surface area contributed by atoms with E-state index in [0.29, 0.717) is 38.5 Å². The predicted octanol–water partition coefficient (Wildman–Crippen LogP) is 3.42. The van der Waals surface area contributed by atoms with Gasteiger partial charge in [0.1, 0.15) is 31.0 Å². The van der Waals surface area contributed by atoms with Crippen molar-refractivity contribution in [2.24, 2.45) is 50.7 Å². The molecular weight excluding hydrogens is 740 g/mol. The van der Waals surface area contributed by atoms with E-state index in [1.165, 1.54) is 0 Å². The zero-order valence-electron chi connectivity index (χ0n) is 34.0. The van der Waals surface area contributed by atoms with Crippen LogP contribution in [0.3, 0.4) is 0 Å². The summed E-state index contributed by atoms with van der Waals surface area (Å²) >= 11 is 0. The number of hydrogen-bond acceptors (Lipinski definition) is 14. The van der Waals surface area contributed by atoms with E-state index in [4.69, 9.17) is 14.2 Å². The number of phenolic OH excluding ortho intramolecular Hbond substituents is 3. The predicted molar refractivity (Wildman–Crippen MR) is 202 cm³/mol. The average molecular weight is 803 g/mol. The topological polar surface area (TPSA) is 244 Å². The van der Waals surface area contributed by atoms with Crippen LogP contribution >= 0.6 is 0 Å². The van der Waals surface area contributed by atoms with Gasteiger partial charge in [0.05, 0.1) is 28.8 Å². The maximum Gasteiger partial charge on any atom is 0.338 e. The molecule has 0 spiro atoms. The van der Waals surface area contributed by atoms with Gasteiger partial charge in [-0.05, 0) is 110 Å². The Hall–Kier alpha value is -2.98. The molecule has 1 aromatic carbocycles. The van der Waals surface area contributed by atoms with Gasteiger partial charge in [-0.3, -0.25) is 4.79 Å². The molecule has 7 rings (SSSR count). The molecule has 0 amide bonds. The normalized spacial score (nSPS) is 47.6. The number of benzene rings is 1. The van der Waals surface area contributed by atoms with Crippen molar-refractivity contribution in [2.75, 3.05) is 6.61 Å². The zero-order valence-corrected chi connectivity index (χ0v) is 34.0. The lowest BCUT2D eigenvalue weighted by molar-refractivity contribution is -0.299. The molecule has 1 aliphatic heterocycles. The highest BCUT2D eigenvalue weighted by molar-refractivity contribution is 5.91. The molecule has 9 N–H and O–H groups in total. The van der Waals surface area contributed by atoms with E-state index in [0.717, 1.165) is 30.5 Å². The molecule has 2 unspecified atom stereocenters. The molecule has 16 atom stereocenters. The van der Waals surface area contributed by atoms with E-state index in [1.807, 2.05) is 6.92 Å². The number of aromatic hydroxyl groups is 3. The van der Waals surface area contributed by atoms with Crippen molar-refractivity contribution in [1.29, 1.82) is 0 Å². The molecule has 4 saturated carbocycles. The molecule has 5 aliphatic carbocycles. The van der Waals surface area contributed by atoms with Gasteiger partial charge in [0.25, 0.3) is 0 Å². The van der Waals surface area contributed by atoms with Crippen LogP contribution in [0.25, 0.3) is 0 Å². The van der Waals surface area contributed by atoms with Crippen molar-refractivity contribution in [1.82, 2.24) is 0 Å².